The van der Waals surface area contributed by atoms with E-state index in [1.165, 1.54) is 0 Å². The van der Waals surface area contributed by atoms with Crippen LogP contribution in [0, 0.1) is 16.0 Å². The van der Waals surface area contributed by atoms with E-state index in [0.717, 1.165) is 24.8 Å². The second kappa shape index (κ2) is 17.4. The second-order valence-corrected chi connectivity index (χ2v) is 11.8. The highest BCUT2D eigenvalue weighted by atomic mass is 16.7. The molecular formula is C31H47N7O6. The predicted octanol–water partition coefficient (Wildman–Crippen LogP) is 2.14. The van der Waals surface area contributed by atoms with Crippen molar-refractivity contribution in [3.05, 3.63) is 46.0 Å². The lowest BCUT2D eigenvalue weighted by atomic mass is 9.87. The molecule has 2 saturated heterocycles. The number of carbonyl (C=O) groups excluding carboxylic acids is 4. The van der Waals surface area contributed by atoms with Gasteiger partial charge in [0.05, 0.1) is 12.1 Å². The highest BCUT2D eigenvalue weighted by Crippen LogP contribution is 2.28. The van der Waals surface area contributed by atoms with Crippen LogP contribution in [0.5, 0.6) is 0 Å². The van der Waals surface area contributed by atoms with E-state index in [1.54, 1.807) is 9.80 Å². The van der Waals surface area contributed by atoms with Gasteiger partial charge in [-0.25, -0.2) is 10.1 Å². The number of hydrogen-bond donors (Lipinski definition) is 3. The van der Waals surface area contributed by atoms with Crippen LogP contribution in [-0.2, 0) is 25.6 Å². The number of likely N-dealkylation sites (tertiary alicyclic amines) is 2. The number of ketones is 2. The lowest BCUT2D eigenvalue weighted by Gasteiger charge is -2.32. The zero-order chi connectivity index (χ0) is 32.1. The van der Waals surface area contributed by atoms with Crippen LogP contribution in [0.4, 0.5) is 0 Å². The smallest absolute Gasteiger partial charge is 0.266 e. The summed E-state index contributed by atoms with van der Waals surface area (Å²) in [7, 11) is 0. The fourth-order valence-corrected chi connectivity index (χ4v) is 6.18. The van der Waals surface area contributed by atoms with Gasteiger partial charge < -0.3 is 26.6 Å². The average molecular weight is 614 g/mol. The molecule has 0 spiro atoms. The van der Waals surface area contributed by atoms with Crippen molar-refractivity contribution in [2.75, 3.05) is 19.6 Å². The first-order chi connectivity index (χ1) is 21.1. The van der Waals surface area contributed by atoms with Crippen molar-refractivity contribution in [1.29, 1.82) is 0 Å². The van der Waals surface area contributed by atoms with Crippen LogP contribution < -0.4 is 16.8 Å². The predicted molar refractivity (Wildman–Crippen MR) is 166 cm³/mol. The summed E-state index contributed by atoms with van der Waals surface area (Å²) in [4.78, 5) is 67.7. The Balaban J connectivity index is 1.66. The van der Waals surface area contributed by atoms with E-state index in [-0.39, 0.29) is 48.7 Å². The molecule has 13 heteroatoms. The second-order valence-electron chi connectivity index (χ2n) is 11.8. The third-order valence-corrected chi connectivity index (χ3v) is 8.51. The number of Topliss-reactive ketones (excluding diaryl/α,β-unsaturated/α-hetero) is 2. The summed E-state index contributed by atoms with van der Waals surface area (Å²) >= 11 is 0. The van der Waals surface area contributed by atoms with Crippen LogP contribution >= 0.6 is 0 Å². The summed E-state index contributed by atoms with van der Waals surface area (Å²) in [5.74, 6) is -1.61. The number of guanidine groups is 1. The lowest BCUT2D eigenvalue weighted by Crippen LogP contribution is -2.54. The molecule has 0 radical (unpaired) electrons. The van der Waals surface area contributed by atoms with Gasteiger partial charge >= 0.3 is 0 Å². The SMILES string of the molecule is CCCCCC(N)C(=O)N1CCCC1C(=O)N1CCCC1C(=O)CC(CCCN/C(N)=N\[N+](=O)[O-])C(=O)Cc1ccccc1. The maximum Gasteiger partial charge on any atom is 0.266 e. The van der Waals surface area contributed by atoms with E-state index >= 15 is 0 Å². The summed E-state index contributed by atoms with van der Waals surface area (Å²) in [6.07, 6.45) is 6.82. The highest BCUT2D eigenvalue weighted by Gasteiger charge is 2.43. The molecule has 4 atom stereocenters. The van der Waals surface area contributed by atoms with Gasteiger partial charge in [0.15, 0.2) is 10.8 Å². The fourth-order valence-electron chi connectivity index (χ4n) is 6.18. The monoisotopic (exact) mass is 613 g/mol. The van der Waals surface area contributed by atoms with Crippen molar-refractivity contribution in [3.63, 3.8) is 0 Å². The van der Waals surface area contributed by atoms with Crippen LogP contribution in [0.15, 0.2) is 35.4 Å². The minimum absolute atomic E-state index is 0.0196. The molecule has 2 heterocycles. The van der Waals surface area contributed by atoms with Crippen LogP contribution in [0.25, 0.3) is 0 Å². The molecule has 5 N–H and O–H groups in total. The van der Waals surface area contributed by atoms with E-state index in [0.29, 0.717) is 58.0 Å². The van der Waals surface area contributed by atoms with Gasteiger partial charge in [-0.1, -0.05) is 56.5 Å². The third kappa shape index (κ3) is 10.1. The first kappa shape index (κ1) is 34.6. The molecule has 2 fully saturated rings. The molecule has 4 unspecified atom stereocenters. The minimum atomic E-state index is -0.898. The highest BCUT2D eigenvalue weighted by molar-refractivity contribution is 5.96. The molecule has 0 saturated carbocycles. The van der Waals surface area contributed by atoms with E-state index in [9.17, 15) is 29.3 Å². The fraction of sp³-hybridized carbons (Fsp3) is 0.645. The Labute approximate surface area is 258 Å². The quantitative estimate of drug-likeness (QED) is 0.0775. The summed E-state index contributed by atoms with van der Waals surface area (Å²) in [5, 5.41) is 15.3. The van der Waals surface area contributed by atoms with Crippen molar-refractivity contribution in [2.45, 2.75) is 102 Å². The first-order valence-electron chi connectivity index (χ1n) is 15.8. The Morgan fingerprint density at radius 2 is 1.70 bits per heavy atom. The maximum absolute atomic E-state index is 13.8. The molecule has 0 aliphatic carbocycles. The molecule has 1 aromatic carbocycles. The maximum atomic E-state index is 13.8. The van der Waals surface area contributed by atoms with Gasteiger partial charge in [-0.2, -0.15) is 0 Å². The lowest BCUT2D eigenvalue weighted by molar-refractivity contribution is -0.485. The third-order valence-electron chi connectivity index (χ3n) is 8.51. The van der Waals surface area contributed by atoms with E-state index < -0.39 is 29.1 Å². The molecule has 1 aromatic rings. The molecular weight excluding hydrogens is 566 g/mol. The Hall–Kier alpha value is -3.87. The van der Waals surface area contributed by atoms with Crippen LogP contribution in [-0.4, -0.2) is 81.9 Å². The van der Waals surface area contributed by atoms with Crippen molar-refractivity contribution < 1.29 is 24.2 Å². The zero-order valence-corrected chi connectivity index (χ0v) is 25.7. The molecule has 242 valence electrons. The van der Waals surface area contributed by atoms with Gasteiger partial charge in [0.25, 0.3) is 5.96 Å². The topological polar surface area (TPSA) is 194 Å². The summed E-state index contributed by atoms with van der Waals surface area (Å²) in [6, 6.07) is 7.36. The number of unbranched alkanes of at least 4 members (excludes halogenated alkanes) is 2. The minimum Gasteiger partial charge on any atom is -0.365 e. The number of nitrogens with two attached hydrogens (primary N) is 2. The number of benzene rings is 1. The van der Waals surface area contributed by atoms with Crippen molar-refractivity contribution in [3.8, 4) is 0 Å². The van der Waals surface area contributed by atoms with Crippen LogP contribution in [0.2, 0.25) is 0 Å². The molecule has 2 aliphatic rings. The van der Waals surface area contributed by atoms with Gasteiger partial charge in [0.2, 0.25) is 11.8 Å². The number of amides is 2. The van der Waals surface area contributed by atoms with Crippen LogP contribution in [0.1, 0.15) is 83.1 Å². The Morgan fingerprint density at radius 1 is 1.02 bits per heavy atom. The van der Waals surface area contributed by atoms with Crippen molar-refractivity contribution in [1.82, 2.24) is 15.1 Å². The Morgan fingerprint density at radius 3 is 2.39 bits per heavy atom. The molecule has 44 heavy (non-hydrogen) atoms. The molecule has 0 bridgehead atoms. The standard InChI is InChI=1S/C31H47N7O6/c1-2-3-5-14-24(32)29(41)37-19-10-16-26(37)30(42)36-18-9-15-25(36)28(40)21-23(13-8-17-34-31(33)35-38(43)44)27(39)20-22-11-6-4-7-12-22/h4,6-7,11-12,23-26H,2-3,5,8-10,13-21,32H2,1H3,(H3,33,34,35). The van der Waals surface area contributed by atoms with E-state index in [2.05, 4.69) is 17.3 Å². The van der Waals surface area contributed by atoms with Crippen LogP contribution in [0.3, 0.4) is 0 Å². The summed E-state index contributed by atoms with van der Waals surface area (Å²) < 4.78 is 0. The van der Waals surface area contributed by atoms with Gasteiger partial charge in [0.1, 0.15) is 16.9 Å². The zero-order valence-electron chi connectivity index (χ0n) is 25.7. The number of nitro groups is 1. The number of rotatable bonds is 17. The number of carbonyl (C=O) groups is 4. The van der Waals surface area contributed by atoms with Crippen molar-refractivity contribution in [2.24, 2.45) is 22.5 Å². The van der Waals surface area contributed by atoms with Gasteiger partial charge in [-0.3, -0.25) is 19.2 Å². The van der Waals surface area contributed by atoms with Crippen molar-refractivity contribution >= 4 is 29.3 Å². The first-order valence-corrected chi connectivity index (χ1v) is 15.8. The number of hydrogen-bond acceptors (Lipinski definition) is 7. The summed E-state index contributed by atoms with van der Waals surface area (Å²) in [6.45, 7) is 3.23. The van der Waals surface area contributed by atoms with E-state index in [4.69, 9.17) is 11.5 Å². The largest absolute Gasteiger partial charge is 0.365 e. The molecule has 3 rings (SSSR count). The molecule has 2 amide bonds. The molecule has 2 aliphatic heterocycles. The average Bonchev–Trinajstić information content (AvgIpc) is 3.69. The Bertz CT molecular complexity index is 1180. The van der Waals surface area contributed by atoms with Gasteiger partial charge in [-0.05, 0) is 50.5 Å². The van der Waals surface area contributed by atoms with E-state index in [1.807, 2.05) is 30.3 Å². The Kier molecular flexibility index (Phi) is 13.7. The molecule has 0 aromatic heterocycles. The molecule has 13 nitrogen and oxygen atoms in total. The van der Waals surface area contributed by atoms with Gasteiger partial charge in [-0.15, -0.1) is 0 Å². The summed E-state index contributed by atoms with van der Waals surface area (Å²) in [5.41, 5.74) is 12.5. The number of nitrogens with one attached hydrogen (secondary N) is 1. The van der Waals surface area contributed by atoms with Gasteiger partial charge in [0, 0.05) is 38.4 Å². The number of nitrogens with zero attached hydrogens (tertiary/aromatic N) is 4. The number of hydrazone groups is 1. The normalized spacial score (nSPS) is 19.9.